The molecule has 4 N–H and O–H groups in total. The third kappa shape index (κ3) is 10.5. The zero-order valence-electron chi connectivity index (χ0n) is 43.9. The fourth-order valence-electron chi connectivity index (χ4n) is 10.7. The molecule has 20 heteroatoms. The van der Waals surface area contributed by atoms with Gasteiger partial charge in [0.05, 0.1) is 11.4 Å². The SMILES string of the molecule is CN1CCN(c2ccc(Nc3ncc4c(=O)n5n(c4n3)-c3cccc(n3)[C@@](C)(O)CCCCC5)cc2)CC1.CN1CCN(c2ccc(Nc3ncc4c(=O)n5n(c4n3)-c3cccc(n3)[C@](C)(O)CCCCC5)cc2)CC1. The Labute approximate surface area is 441 Å². The van der Waals surface area contributed by atoms with Crippen LogP contribution in [0.3, 0.4) is 0 Å². The average molecular weight is 1030 g/mol. The Morgan fingerprint density at radius 2 is 0.868 bits per heavy atom. The molecule has 4 aliphatic rings. The number of aliphatic hydroxyl groups is 2. The van der Waals surface area contributed by atoms with Crippen LogP contribution in [0.4, 0.5) is 34.6 Å². The van der Waals surface area contributed by atoms with Crippen LogP contribution < -0.4 is 31.6 Å². The van der Waals surface area contributed by atoms with Gasteiger partial charge in [-0.3, -0.25) is 9.59 Å². The minimum Gasteiger partial charge on any atom is -0.384 e. The first-order valence-electron chi connectivity index (χ1n) is 26.8. The number of aromatic nitrogens is 10. The number of nitrogens with one attached hydrogen (secondary N) is 2. The summed E-state index contributed by atoms with van der Waals surface area (Å²) >= 11 is 0. The van der Waals surface area contributed by atoms with Crippen LogP contribution in [0.25, 0.3) is 33.7 Å². The lowest BCUT2D eigenvalue weighted by atomic mass is 9.94. The summed E-state index contributed by atoms with van der Waals surface area (Å²) in [5.74, 6) is 1.92. The van der Waals surface area contributed by atoms with E-state index in [4.69, 9.17) is 19.9 Å². The van der Waals surface area contributed by atoms with Crippen molar-refractivity contribution in [1.29, 1.82) is 0 Å². The van der Waals surface area contributed by atoms with Crippen LogP contribution in [0.1, 0.15) is 76.6 Å². The summed E-state index contributed by atoms with van der Waals surface area (Å²) in [5.41, 5.74) is 3.96. The lowest BCUT2D eigenvalue weighted by molar-refractivity contribution is 0.0401. The molecule has 10 heterocycles. The van der Waals surface area contributed by atoms with E-state index in [-0.39, 0.29) is 11.1 Å². The quantitative estimate of drug-likeness (QED) is 0.140. The number of rotatable bonds is 6. The van der Waals surface area contributed by atoms with E-state index in [1.165, 1.54) is 11.4 Å². The topological polar surface area (TPSA) is 209 Å². The van der Waals surface area contributed by atoms with Crippen molar-refractivity contribution >= 4 is 56.7 Å². The van der Waals surface area contributed by atoms with E-state index in [1.54, 1.807) is 45.0 Å². The maximum absolute atomic E-state index is 13.4. The van der Waals surface area contributed by atoms with Gasteiger partial charge in [0, 0.05) is 101 Å². The first kappa shape index (κ1) is 50.6. The molecule has 396 valence electrons. The monoisotopic (exact) mass is 1030 g/mol. The van der Waals surface area contributed by atoms with Gasteiger partial charge in [-0.25, -0.2) is 38.7 Å². The number of likely N-dealkylation sites (N-methyl/N-ethyl adjacent to an activating group) is 2. The lowest BCUT2D eigenvalue weighted by Gasteiger charge is -2.34. The highest BCUT2D eigenvalue weighted by Gasteiger charge is 2.29. The van der Waals surface area contributed by atoms with E-state index >= 15 is 0 Å². The summed E-state index contributed by atoms with van der Waals surface area (Å²) in [6.07, 6.45) is 9.59. The molecule has 4 bridgehead atoms. The zero-order chi connectivity index (χ0) is 52.6. The van der Waals surface area contributed by atoms with Crippen molar-refractivity contribution in [2.45, 2.75) is 89.5 Å². The minimum absolute atomic E-state index is 0.138. The second-order valence-electron chi connectivity index (χ2n) is 21.2. The van der Waals surface area contributed by atoms with Crippen LogP contribution in [0.5, 0.6) is 0 Å². The van der Waals surface area contributed by atoms with Gasteiger partial charge < -0.3 is 40.4 Å². The molecule has 2 saturated heterocycles. The third-order valence-corrected chi connectivity index (χ3v) is 15.4. The predicted octanol–water partition coefficient (Wildman–Crippen LogP) is 6.51. The summed E-state index contributed by atoms with van der Waals surface area (Å²) in [7, 11) is 4.31. The van der Waals surface area contributed by atoms with Crippen LogP contribution in [0, 0.1) is 0 Å². The fourth-order valence-corrected chi connectivity index (χ4v) is 10.7. The Hall–Kier alpha value is -7.52. The first-order valence-corrected chi connectivity index (χ1v) is 26.8. The van der Waals surface area contributed by atoms with Gasteiger partial charge in [-0.15, -0.1) is 0 Å². The van der Waals surface area contributed by atoms with Gasteiger partial charge in [-0.1, -0.05) is 37.8 Å². The molecule has 2 fully saturated rings. The number of piperazine rings is 2. The molecular formula is C56H68N16O4. The molecule has 0 unspecified atom stereocenters. The van der Waals surface area contributed by atoms with E-state index < -0.39 is 11.2 Å². The zero-order valence-corrected chi connectivity index (χ0v) is 43.9. The molecule has 0 spiro atoms. The molecule has 2 atom stereocenters. The van der Waals surface area contributed by atoms with Gasteiger partial charge in [-0.05, 0) is 126 Å². The van der Waals surface area contributed by atoms with Crippen LogP contribution in [0.15, 0.2) is 107 Å². The average Bonchev–Trinajstić information content (AvgIpc) is 3.91. The summed E-state index contributed by atoms with van der Waals surface area (Å²) in [5, 5.41) is 29.6. The van der Waals surface area contributed by atoms with Gasteiger partial charge in [-0.2, -0.15) is 9.97 Å². The van der Waals surface area contributed by atoms with Gasteiger partial charge in [0.15, 0.2) is 22.9 Å². The maximum atomic E-state index is 13.4. The van der Waals surface area contributed by atoms with E-state index in [0.717, 1.165) is 102 Å². The highest BCUT2D eigenvalue weighted by Crippen LogP contribution is 2.31. The van der Waals surface area contributed by atoms with Crippen molar-refractivity contribution in [2.75, 3.05) is 86.9 Å². The molecule has 0 radical (unpaired) electrons. The minimum atomic E-state index is -1.04. The van der Waals surface area contributed by atoms with Gasteiger partial charge in [0.2, 0.25) is 11.9 Å². The third-order valence-electron chi connectivity index (χ3n) is 15.4. The van der Waals surface area contributed by atoms with Crippen LogP contribution in [0.2, 0.25) is 0 Å². The Morgan fingerprint density at radius 1 is 0.474 bits per heavy atom. The Kier molecular flexibility index (Phi) is 14.2. The molecule has 76 heavy (non-hydrogen) atoms. The summed E-state index contributed by atoms with van der Waals surface area (Å²) < 4.78 is 6.93. The van der Waals surface area contributed by atoms with Gasteiger partial charge in [0.25, 0.3) is 11.1 Å². The van der Waals surface area contributed by atoms with Crippen molar-refractivity contribution in [3.8, 4) is 11.6 Å². The number of pyridine rings is 2. The number of benzene rings is 2. The van der Waals surface area contributed by atoms with Crippen molar-refractivity contribution in [1.82, 2.24) is 58.4 Å². The van der Waals surface area contributed by atoms with Crippen LogP contribution in [-0.2, 0) is 24.3 Å². The molecule has 20 nitrogen and oxygen atoms in total. The lowest BCUT2D eigenvalue weighted by Crippen LogP contribution is -2.44. The molecule has 12 rings (SSSR count). The van der Waals surface area contributed by atoms with Crippen molar-refractivity contribution in [3.63, 3.8) is 0 Å². The molecule has 4 aliphatic heterocycles. The van der Waals surface area contributed by atoms with E-state index in [0.29, 0.717) is 82.9 Å². The number of fused-ring (bicyclic) bond motifs is 12. The van der Waals surface area contributed by atoms with Crippen molar-refractivity contribution in [2.24, 2.45) is 0 Å². The number of nitrogens with zero attached hydrogens (tertiary/aromatic N) is 14. The molecule has 0 amide bonds. The summed E-state index contributed by atoms with van der Waals surface area (Å²) in [4.78, 5) is 64.2. The molecule has 0 aliphatic carbocycles. The molecular weight excluding hydrogens is 961 g/mol. The first-order chi connectivity index (χ1) is 36.8. The Bertz CT molecular complexity index is 3230. The fraction of sp³-hybridized carbons (Fsp3) is 0.429. The second-order valence-corrected chi connectivity index (χ2v) is 21.2. The highest BCUT2D eigenvalue weighted by molar-refractivity contribution is 5.78. The number of anilines is 6. The van der Waals surface area contributed by atoms with E-state index in [9.17, 15) is 19.8 Å². The van der Waals surface area contributed by atoms with E-state index in [1.807, 2.05) is 60.7 Å². The van der Waals surface area contributed by atoms with Crippen LogP contribution in [-0.4, -0.2) is 135 Å². The van der Waals surface area contributed by atoms with Crippen LogP contribution >= 0.6 is 0 Å². The summed E-state index contributed by atoms with van der Waals surface area (Å²) in [6, 6.07) is 27.7. The molecule has 8 aromatic rings. The van der Waals surface area contributed by atoms with E-state index in [2.05, 4.69) is 78.6 Å². The standard InChI is InChI=1S/2C28H34N8O2/c2*1-28(38)13-4-3-5-14-35-26(37)22-19-29-27(32-25(22)36(35)24-8-6-7-23(28)31-24)30-20-9-11-21(12-10-20)34-17-15-33(2)16-18-34/h2*6-12,19,38H,3-5,13-18H2,1-2H3,(H,29,30,32)/t2*28-/m10/s1. The smallest absolute Gasteiger partial charge is 0.278 e. The second kappa shape index (κ2) is 21.2. The number of hydrogen-bond acceptors (Lipinski definition) is 16. The Morgan fingerprint density at radius 3 is 1.26 bits per heavy atom. The normalized spacial score (nSPS) is 20.7. The number of hydrogen-bond donors (Lipinski definition) is 4. The van der Waals surface area contributed by atoms with Crippen molar-refractivity contribution < 1.29 is 10.2 Å². The molecule has 6 aromatic heterocycles. The highest BCUT2D eigenvalue weighted by atomic mass is 16.3. The molecule has 2 aromatic carbocycles. The predicted molar refractivity (Wildman–Crippen MR) is 297 cm³/mol. The van der Waals surface area contributed by atoms with Gasteiger partial charge >= 0.3 is 0 Å². The largest absolute Gasteiger partial charge is 0.384 e. The van der Waals surface area contributed by atoms with Crippen molar-refractivity contribution in [3.05, 3.63) is 129 Å². The molecule has 0 saturated carbocycles. The van der Waals surface area contributed by atoms with Gasteiger partial charge in [0.1, 0.15) is 22.0 Å². The Balaban J connectivity index is 0.000000162. The maximum Gasteiger partial charge on any atom is 0.278 e. The summed E-state index contributed by atoms with van der Waals surface area (Å²) in [6.45, 7) is 13.0.